The third-order valence-electron chi connectivity index (χ3n) is 4.63. The van der Waals surface area contributed by atoms with Crippen molar-refractivity contribution in [1.29, 1.82) is 0 Å². The molecule has 4 rings (SSSR count). The van der Waals surface area contributed by atoms with Crippen LogP contribution >= 0.6 is 23.4 Å². The molecule has 5 nitrogen and oxygen atoms in total. The lowest BCUT2D eigenvalue weighted by Crippen LogP contribution is -2.16. The second-order valence-corrected chi connectivity index (χ2v) is 8.30. The van der Waals surface area contributed by atoms with Crippen molar-refractivity contribution in [2.75, 3.05) is 25.1 Å². The molecule has 7 heteroatoms. The fraction of sp³-hybridized carbons (Fsp3) is 0.208. The molecule has 1 aliphatic heterocycles. The van der Waals surface area contributed by atoms with E-state index >= 15 is 0 Å². The van der Waals surface area contributed by atoms with Gasteiger partial charge in [-0.2, -0.15) is 0 Å². The first-order valence-corrected chi connectivity index (χ1v) is 11.3. The zero-order valence-electron chi connectivity index (χ0n) is 17.0. The normalized spacial score (nSPS) is 12.3. The van der Waals surface area contributed by atoms with Crippen LogP contribution in [0.15, 0.2) is 65.6 Å². The van der Waals surface area contributed by atoms with Gasteiger partial charge in [-0.1, -0.05) is 11.6 Å². The van der Waals surface area contributed by atoms with Gasteiger partial charge in [0.1, 0.15) is 19.0 Å². The quantitative estimate of drug-likeness (QED) is 0.439. The number of carbonyl (C=O) groups excluding carboxylic acids is 1. The summed E-state index contributed by atoms with van der Waals surface area (Å²) in [4.78, 5) is 14.0. The van der Waals surface area contributed by atoms with E-state index in [0.29, 0.717) is 53.3 Å². The maximum absolute atomic E-state index is 12.9. The van der Waals surface area contributed by atoms with Crippen LogP contribution in [-0.2, 0) is 5.75 Å². The molecule has 0 bridgehead atoms. The number of benzene rings is 3. The Morgan fingerprint density at radius 3 is 2.58 bits per heavy atom. The van der Waals surface area contributed by atoms with Gasteiger partial charge in [0.25, 0.3) is 5.91 Å². The molecule has 1 amide bonds. The highest BCUT2D eigenvalue weighted by molar-refractivity contribution is 7.98. The van der Waals surface area contributed by atoms with E-state index in [4.69, 9.17) is 25.8 Å². The van der Waals surface area contributed by atoms with Crippen LogP contribution in [0.4, 0.5) is 5.69 Å². The lowest BCUT2D eigenvalue weighted by Gasteiger charge is -2.19. The van der Waals surface area contributed by atoms with Crippen molar-refractivity contribution in [3.8, 4) is 17.2 Å². The minimum atomic E-state index is -0.197. The molecule has 0 radical (unpaired) electrons. The van der Waals surface area contributed by atoms with Gasteiger partial charge < -0.3 is 19.5 Å². The van der Waals surface area contributed by atoms with Gasteiger partial charge in [0.2, 0.25) is 0 Å². The Labute approximate surface area is 190 Å². The molecule has 0 atom stereocenters. The molecule has 0 aliphatic carbocycles. The molecule has 1 aliphatic rings. The Morgan fingerprint density at radius 1 is 1.03 bits per heavy atom. The van der Waals surface area contributed by atoms with Crippen LogP contribution < -0.4 is 19.5 Å². The van der Waals surface area contributed by atoms with Crippen molar-refractivity contribution >= 4 is 35.0 Å². The first-order valence-electron chi connectivity index (χ1n) is 9.97. The summed E-state index contributed by atoms with van der Waals surface area (Å²) < 4.78 is 16.9. The average Bonchev–Trinajstić information content (AvgIpc) is 2.79. The lowest BCUT2D eigenvalue weighted by atomic mass is 10.1. The molecule has 1 N–H and O–H groups in total. The van der Waals surface area contributed by atoms with E-state index in [9.17, 15) is 4.79 Å². The van der Waals surface area contributed by atoms with Gasteiger partial charge in [-0.15, -0.1) is 11.8 Å². The molecule has 0 fully saturated rings. The fourth-order valence-electron chi connectivity index (χ4n) is 3.15. The standard InChI is InChI=1S/C24H22ClNO4S/c1-2-28-21-9-3-16(13-17(21)15-31-20-7-4-18(25)5-8-20)24(27)26-19-6-10-22-23(14-19)30-12-11-29-22/h3-10,13-14H,2,11-12,15H2,1H3,(H,26,27). The molecule has 3 aromatic carbocycles. The Bertz CT molecular complexity index is 1070. The number of nitrogens with one attached hydrogen (secondary N) is 1. The summed E-state index contributed by atoms with van der Waals surface area (Å²) in [6, 6.07) is 18.6. The SMILES string of the molecule is CCOc1ccc(C(=O)Nc2ccc3c(c2)OCCO3)cc1CSc1ccc(Cl)cc1. The fourth-order valence-corrected chi connectivity index (χ4v) is 4.15. The number of hydrogen-bond donors (Lipinski definition) is 1. The lowest BCUT2D eigenvalue weighted by molar-refractivity contribution is 0.102. The highest BCUT2D eigenvalue weighted by Crippen LogP contribution is 2.33. The summed E-state index contributed by atoms with van der Waals surface area (Å²) in [5.41, 5.74) is 2.17. The summed E-state index contributed by atoms with van der Waals surface area (Å²) >= 11 is 7.63. The van der Waals surface area contributed by atoms with Crippen molar-refractivity contribution in [1.82, 2.24) is 0 Å². The minimum absolute atomic E-state index is 0.197. The highest BCUT2D eigenvalue weighted by atomic mass is 35.5. The van der Waals surface area contributed by atoms with Gasteiger partial charge in [-0.05, 0) is 61.5 Å². The van der Waals surface area contributed by atoms with E-state index in [-0.39, 0.29) is 5.91 Å². The summed E-state index contributed by atoms with van der Waals surface area (Å²) in [6.07, 6.45) is 0. The number of rotatable bonds is 7. The van der Waals surface area contributed by atoms with E-state index in [1.54, 1.807) is 36.0 Å². The second-order valence-electron chi connectivity index (χ2n) is 6.81. The molecule has 160 valence electrons. The number of halogens is 1. The highest BCUT2D eigenvalue weighted by Gasteiger charge is 2.15. The number of fused-ring (bicyclic) bond motifs is 1. The average molecular weight is 456 g/mol. The molecule has 0 spiro atoms. The third kappa shape index (κ3) is 5.46. The summed E-state index contributed by atoms with van der Waals surface area (Å²) in [5, 5.41) is 3.64. The molecule has 3 aromatic rings. The predicted molar refractivity (Wildman–Crippen MR) is 124 cm³/mol. The second kappa shape index (κ2) is 9.98. The molecule has 0 saturated heterocycles. The number of thioether (sulfide) groups is 1. The zero-order chi connectivity index (χ0) is 21.6. The zero-order valence-corrected chi connectivity index (χ0v) is 18.6. The topological polar surface area (TPSA) is 56.8 Å². The summed E-state index contributed by atoms with van der Waals surface area (Å²) in [5.74, 6) is 2.57. The van der Waals surface area contributed by atoms with Crippen LogP contribution in [0.25, 0.3) is 0 Å². The Kier molecular flexibility index (Phi) is 6.89. The van der Waals surface area contributed by atoms with Crippen LogP contribution in [0.2, 0.25) is 5.02 Å². The van der Waals surface area contributed by atoms with Crippen LogP contribution in [0, 0.1) is 0 Å². The van der Waals surface area contributed by atoms with Crippen LogP contribution in [0.3, 0.4) is 0 Å². The number of carbonyl (C=O) groups is 1. The number of amides is 1. The van der Waals surface area contributed by atoms with Gasteiger partial charge in [0.15, 0.2) is 11.5 Å². The maximum Gasteiger partial charge on any atom is 0.255 e. The Balaban J connectivity index is 1.50. The molecule has 0 aromatic heterocycles. The minimum Gasteiger partial charge on any atom is -0.494 e. The first kappa shape index (κ1) is 21.4. The van der Waals surface area contributed by atoms with Gasteiger partial charge in [0.05, 0.1) is 6.61 Å². The molecular formula is C24H22ClNO4S. The Hall–Kier alpha value is -2.83. The molecule has 1 heterocycles. The van der Waals surface area contributed by atoms with E-state index in [0.717, 1.165) is 16.2 Å². The van der Waals surface area contributed by atoms with E-state index in [1.165, 1.54) is 0 Å². The largest absolute Gasteiger partial charge is 0.494 e. The summed E-state index contributed by atoms with van der Waals surface area (Å²) in [7, 11) is 0. The van der Waals surface area contributed by atoms with Gasteiger partial charge in [-0.3, -0.25) is 4.79 Å². The van der Waals surface area contributed by atoms with Gasteiger partial charge in [-0.25, -0.2) is 0 Å². The molecule has 31 heavy (non-hydrogen) atoms. The van der Waals surface area contributed by atoms with E-state index < -0.39 is 0 Å². The van der Waals surface area contributed by atoms with Crippen LogP contribution in [0.1, 0.15) is 22.8 Å². The van der Waals surface area contributed by atoms with Crippen LogP contribution in [0.5, 0.6) is 17.2 Å². The summed E-state index contributed by atoms with van der Waals surface area (Å²) in [6.45, 7) is 3.53. The smallest absolute Gasteiger partial charge is 0.255 e. The maximum atomic E-state index is 12.9. The van der Waals surface area contributed by atoms with E-state index in [2.05, 4.69) is 5.32 Å². The first-order chi connectivity index (χ1) is 15.1. The van der Waals surface area contributed by atoms with Crippen LogP contribution in [-0.4, -0.2) is 25.7 Å². The van der Waals surface area contributed by atoms with Gasteiger partial charge >= 0.3 is 0 Å². The van der Waals surface area contributed by atoms with Crippen molar-refractivity contribution in [2.24, 2.45) is 0 Å². The Morgan fingerprint density at radius 2 is 1.81 bits per heavy atom. The number of anilines is 1. The van der Waals surface area contributed by atoms with Gasteiger partial charge in [0, 0.05) is 38.6 Å². The van der Waals surface area contributed by atoms with Crippen molar-refractivity contribution < 1.29 is 19.0 Å². The third-order valence-corrected chi connectivity index (χ3v) is 5.94. The van der Waals surface area contributed by atoms with Crippen molar-refractivity contribution in [3.63, 3.8) is 0 Å². The van der Waals surface area contributed by atoms with E-state index in [1.807, 2.05) is 43.3 Å². The molecule has 0 unspecified atom stereocenters. The van der Waals surface area contributed by atoms with Crippen molar-refractivity contribution in [3.05, 3.63) is 76.8 Å². The van der Waals surface area contributed by atoms with Crippen molar-refractivity contribution in [2.45, 2.75) is 17.6 Å². The predicted octanol–water partition coefficient (Wildman–Crippen LogP) is 6.05. The number of ether oxygens (including phenoxy) is 3. The number of hydrogen-bond acceptors (Lipinski definition) is 5. The molecular weight excluding hydrogens is 434 g/mol. The monoisotopic (exact) mass is 455 g/mol. The molecule has 0 saturated carbocycles.